The molecule has 1 amide bonds. The van der Waals surface area contributed by atoms with Gasteiger partial charge in [-0.25, -0.2) is 4.79 Å². The molecule has 0 saturated carbocycles. The number of hydrogen-bond acceptors (Lipinski definition) is 6. The average molecular weight is 545 g/mol. The second kappa shape index (κ2) is 10.2. The van der Waals surface area contributed by atoms with Crippen molar-refractivity contribution in [2.75, 3.05) is 13.2 Å². The zero-order valence-corrected chi connectivity index (χ0v) is 21.0. The highest BCUT2D eigenvalue weighted by molar-refractivity contribution is 8.18. The Bertz CT molecular complexity index is 1480. The summed E-state index contributed by atoms with van der Waals surface area (Å²) in [6, 6.07) is 6.94. The standard InChI is InChI=1S/C26H23F3N4O4S/c1-2-37-20-7-3-5-15(22(20)26(27,28)29)11-16-14(8-9-18-17(16)13-30-32-18)12-21-23(34)31-25(38-21)33-10-4-6-19(33)24(35)36/h3,5,7-9,12-13,19H,2,4,6,10-11H2,1H3,(H,30,32)(H,35,36)/t19-/m1/s1. The van der Waals surface area contributed by atoms with E-state index in [1.807, 2.05) is 0 Å². The van der Waals surface area contributed by atoms with E-state index in [1.165, 1.54) is 18.2 Å². The molecule has 1 saturated heterocycles. The quantitative estimate of drug-likeness (QED) is 0.416. The highest BCUT2D eigenvalue weighted by Gasteiger charge is 2.38. The number of fused-ring (bicyclic) bond motifs is 1. The molecule has 198 valence electrons. The van der Waals surface area contributed by atoms with Crippen molar-refractivity contribution in [1.29, 1.82) is 0 Å². The van der Waals surface area contributed by atoms with Gasteiger partial charge in [0.05, 0.1) is 23.2 Å². The molecule has 1 aromatic heterocycles. The predicted molar refractivity (Wildman–Crippen MR) is 137 cm³/mol. The molecule has 3 aromatic rings. The van der Waals surface area contributed by atoms with Crippen molar-refractivity contribution in [3.8, 4) is 5.75 Å². The van der Waals surface area contributed by atoms with Gasteiger partial charge in [-0.05, 0) is 72.8 Å². The summed E-state index contributed by atoms with van der Waals surface area (Å²) in [4.78, 5) is 30.3. The second-order valence-corrected chi connectivity index (χ2v) is 9.87. The lowest BCUT2D eigenvalue weighted by atomic mass is 9.93. The number of carboxylic acid groups (broad SMARTS) is 1. The zero-order valence-electron chi connectivity index (χ0n) is 20.2. The fourth-order valence-electron chi connectivity index (χ4n) is 4.85. The van der Waals surface area contributed by atoms with Gasteiger partial charge in [0.15, 0.2) is 5.17 Å². The van der Waals surface area contributed by atoms with Crippen molar-refractivity contribution in [3.63, 3.8) is 0 Å². The molecule has 0 radical (unpaired) electrons. The molecule has 1 atom stereocenters. The molecule has 0 spiro atoms. The van der Waals surface area contributed by atoms with Crippen LogP contribution in [0.4, 0.5) is 13.2 Å². The summed E-state index contributed by atoms with van der Waals surface area (Å²) in [5.41, 5.74) is 0.916. The molecule has 0 bridgehead atoms. The third-order valence-corrected chi connectivity index (χ3v) is 7.54. The number of amides is 1. The Morgan fingerprint density at radius 2 is 2.13 bits per heavy atom. The van der Waals surface area contributed by atoms with Crippen molar-refractivity contribution in [2.45, 2.75) is 38.4 Å². The molecular weight excluding hydrogens is 521 g/mol. The van der Waals surface area contributed by atoms with E-state index in [2.05, 4.69) is 15.2 Å². The Labute approximate surface area is 219 Å². The molecular formula is C26H23F3N4O4S. The number of halogens is 3. The van der Waals surface area contributed by atoms with Crippen LogP contribution in [-0.2, 0) is 22.2 Å². The highest BCUT2D eigenvalue weighted by Crippen LogP contribution is 2.41. The number of nitrogens with zero attached hydrogens (tertiary/aromatic N) is 3. The summed E-state index contributed by atoms with van der Waals surface area (Å²) in [6.07, 6.45) is -0.457. The number of aromatic nitrogens is 2. The van der Waals surface area contributed by atoms with Crippen molar-refractivity contribution < 1.29 is 32.6 Å². The first-order chi connectivity index (χ1) is 18.2. The van der Waals surface area contributed by atoms with Gasteiger partial charge in [0.25, 0.3) is 5.91 Å². The number of carbonyl (C=O) groups excluding carboxylic acids is 1. The number of hydrogen-bond donors (Lipinski definition) is 2. The summed E-state index contributed by atoms with van der Waals surface area (Å²) in [5, 5.41) is 17.3. The van der Waals surface area contributed by atoms with Crippen molar-refractivity contribution in [1.82, 2.24) is 15.1 Å². The van der Waals surface area contributed by atoms with E-state index in [1.54, 1.807) is 36.2 Å². The zero-order chi connectivity index (χ0) is 27.0. The van der Waals surface area contributed by atoms with Crippen molar-refractivity contribution in [2.24, 2.45) is 4.99 Å². The van der Waals surface area contributed by atoms with Crippen molar-refractivity contribution >= 4 is 45.8 Å². The van der Waals surface area contributed by atoms with Crippen LogP contribution in [0.2, 0.25) is 0 Å². The van der Waals surface area contributed by atoms with Crippen LogP contribution in [0.15, 0.2) is 46.4 Å². The fraction of sp³-hybridized carbons (Fsp3) is 0.308. The molecule has 2 aliphatic rings. The lowest BCUT2D eigenvalue weighted by Crippen LogP contribution is -2.38. The number of amidine groups is 1. The Morgan fingerprint density at radius 3 is 2.87 bits per heavy atom. The molecule has 8 nitrogen and oxygen atoms in total. The Hall–Kier alpha value is -3.80. The van der Waals surface area contributed by atoms with E-state index in [0.29, 0.717) is 46.6 Å². The number of alkyl halides is 3. The van der Waals surface area contributed by atoms with Crippen LogP contribution >= 0.6 is 11.8 Å². The summed E-state index contributed by atoms with van der Waals surface area (Å²) in [7, 11) is 0. The van der Waals surface area contributed by atoms with Crippen LogP contribution < -0.4 is 4.74 Å². The number of aliphatic imine (C=N–C) groups is 1. The van der Waals surface area contributed by atoms with E-state index < -0.39 is 29.7 Å². The maximum Gasteiger partial charge on any atom is 0.420 e. The third-order valence-electron chi connectivity index (χ3n) is 6.51. The number of nitrogens with one attached hydrogen (secondary N) is 1. The minimum Gasteiger partial charge on any atom is -0.493 e. The third kappa shape index (κ3) is 4.87. The minimum atomic E-state index is -4.64. The molecule has 38 heavy (non-hydrogen) atoms. The van der Waals surface area contributed by atoms with Crippen molar-refractivity contribution in [3.05, 3.63) is 63.7 Å². The summed E-state index contributed by atoms with van der Waals surface area (Å²) >= 11 is 1.07. The lowest BCUT2D eigenvalue weighted by molar-refractivity contribution is -0.141. The minimum absolute atomic E-state index is 0.0282. The number of aromatic amines is 1. The van der Waals surface area contributed by atoms with Gasteiger partial charge in [-0.3, -0.25) is 9.89 Å². The molecule has 1 fully saturated rings. The molecule has 5 rings (SSSR count). The first-order valence-electron chi connectivity index (χ1n) is 12.0. The SMILES string of the molecule is CCOc1cccc(Cc2c(C=C3SC(N4CCC[C@@H]4C(=O)O)=NC3=O)ccc3[nH]ncc23)c1C(F)(F)F. The van der Waals surface area contributed by atoms with Gasteiger partial charge in [-0.15, -0.1) is 0 Å². The van der Waals surface area contributed by atoms with Gasteiger partial charge >= 0.3 is 12.1 Å². The summed E-state index contributed by atoms with van der Waals surface area (Å²) in [5.74, 6) is -1.73. The number of benzene rings is 2. The Balaban J connectivity index is 1.54. The van der Waals surface area contributed by atoms with Crippen LogP contribution in [0.5, 0.6) is 5.75 Å². The summed E-state index contributed by atoms with van der Waals surface area (Å²) < 4.78 is 47.7. The molecule has 0 aliphatic carbocycles. The smallest absolute Gasteiger partial charge is 0.420 e. The second-order valence-electron chi connectivity index (χ2n) is 8.86. The van der Waals surface area contributed by atoms with Crippen LogP contribution in [0.1, 0.15) is 42.0 Å². The number of thioether (sulfide) groups is 1. The van der Waals surface area contributed by atoms with E-state index >= 15 is 0 Å². The van der Waals surface area contributed by atoms with Gasteiger partial charge in [0.1, 0.15) is 17.4 Å². The van der Waals surface area contributed by atoms with Crippen LogP contribution in [0.25, 0.3) is 17.0 Å². The molecule has 3 heterocycles. The number of carboxylic acids is 1. The Morgan fingerprint density at radius 1 is 1.32 bits per heavy atom. The Kier molecular flexibility index (Phi) is 6.91. The first kappa shape index (κ1) is 25.8. The topological polar surface area (TPSA) is 108 Å². The van der Waals surface area contributed by atoms with Gasteiger partial charge in [0.2, 0.25) is 0 Å². The number of aliphatic carboxylic acids is 1. The van der Waals surface area contributed by atoms with Gasteiger partial charge in [-0.1, -0.05) is 18.2 Å². The van der Waals surface area contributed by atoms with Crippen LogP contribution in [0, 0.1) is 0 Å². The number of likely N-dealkylation sites (tertiary alicyclic amines) is 1. The van der Waals surface area contributed by atoms with Gasteiger partial charge in [-0.2, -0.15) is 23.3 Å². The number of carbonyl (C=O) groups is 2. The van der Waals surface area contributed by atoms with Gasteiger partial charge in [0, 0.05) is 11.9 Å². The molecule has 12 heteroatoms. The monoisotopic (exact) mass is 544 g/mol. The maximum atomic E-state index is 14.1. The molecule has 2 aliphatic heterocycles. The fourth-order valence-corrected chi connectivity index (χ4v) is 5.83. The maximum absolute atomic E-state index is 14.1. The van der Waals surface area contributed by atoms with Crippen LogP contribution in [0.3, 0.4) is 0 Å². The van der Waals surface area contributed by atoms with Gasteiger partial charge < -0.3 is 14.7 Å². The van der Waals surface area contributed by atoms with E-state index in [9.17, 15) is 27.9 Å². The highest BCUT2D eigenvalue weighted by atomic mass is 32.2. The lowest BCUT2D eigenvalue weighted by Gasteiger charge is -2.21. The normalized spacial score (nSPS) is 19.0. The van der Waals surface area contributed by atoms with E-state index in [-0.39, 0.29) is 29.2 Å². The number of H-pyrrole nitrogens is 1. The molecule has 0 unspecified atom stereocenters. The largest absolute Gasteiger partial charge is 0.493 e. The first-order valence-corrected chi connectivity index (χ1v) is 12.8. The van der Waals surface area contributed by atoms with E-state index in [0.717, 1.165) is 11.8 Å². The number of rotatable bonds is 6. The number of ether oxygens (including phenoxy) is 1. The predicted octanol–water partition coefficient (Wildman–Crippen LogP) is 5.09. The van der Waals surface area contributed by atoms with Crippen LogP contribution in [-0.4, -0.2) is 56.4 Å². The average Bonchev–Trinajstić information content (AvgIpc) is 3.60. The summed E-state index contributed by atoms with van der Waals surface area (Å²) in [6.45, 7) is 2.19. The molecule has 2 N–H and O–H groups in total. The molecule has 2 aromatic carbocycles. The van der Waals surface area contributed by atoms with E-state index in [4.69, 9.17) is 4.74 Å².